The maximum absolute atomic E-state index is 4.19. The van der Waals surface area contributed by atoms with Crippen LogP contribution in [0.5, 0.6) is 0 Å². The van der Waals surface area contributed by atoms with Gasteiger partial charge in [0.2, 0.25) is 0 Å². The summed E-state index contributed by atoms with van der Waals surface area (Å²) in [6.45, 7) is 9.61. The van der Waals surface area contributed by atoms with Crippen molar-refractivity contribution < 1.29 is 0 Å². The van der Waals surface area contributed by atoms with E-state index in [0.29, 0.717) is 0 Å². The van der Waals surface area contributed by atoms with Crippen molar-refractivity contribution in [1.82, 2.24) is 14.7 Å². The van der Waals surface area contributed by atoms with Crippen LogP contribution in [0.4, 0.5) is 0 Å². The maximum Gasteiger partial charge on any atom is 0.174 e. The van der Waals surface area contributed by atoms with Gasteiger partial charge in [0, 0.05) is 17.0 Å². The van der Waals surface area contributed by atoms with Gasteiger partial charge in [0.1, 0.15) is 6.33 Å². The fraction of sp³-hybridized carbons (Fsp3) is 0.429. The third-order valence-corrected chi connectivity index (χ3v) is 4.37. The number of aryl methyl sites for hydroxylation is 1. The van der Waals surface area contributed by atoms with E-state index < -0.39 is 0 Å². The summed E-state index contributed by atoms with van der Waals surface area (Å²) in [5, 5.41) is 3.52. The van der Waals surface area contributed by atoms with Crippen molar-refractivity contribution in [1.29, 1.82) is 0 Å². The van der Waals surface area contributed by atoms with Crippen molar-refractivity contribution in [3.63, 3.8) is 0 Å². The number of benzene rings is 1. The summed E-state index contributed by atoms with van der Waals surface area (Å²) in [5.41, 5.74) is 2.80. The van der Waals surface area contributed by atoms with Crippen LogP contribution >= 0.6 is 23.3 Å². The molecule has 19 heavy (non-hydrogen) atoms. The van der Waals surface area contributed by atoms with Crippen molar-refractivity contribution in [3.05, 3.63) is 35.7 Å². The predicted octanol–water partition coefficient (Wildman–Crippen LogP) is 3.89. The zero-order valence-electron chi connectivity index (χ0n) is 11.7. The molecule has 0 fully saturated rings. The molecule has 2 aromatic rings. The minimum atomic E-state index is 0.145. The molecule has 102 valence electrons. The lowest BCUT2D eigenvalue weighted by Crippen LogP contribution is -2.35. The average molecular weight is 293 g/mol. The Morgan fingerprint density at radius 3 is 2.68 bits per heavy atom. The van der Waals surface area contributed by atoms with E-state index in [1.165, 1.54) is 27.6 Å². The van der Waals surface area contributed by atoms with E-state index in [2.05, 4.69) is 60.6 Å². The molecular formula is C14H19N3S2. The molecule has 1 N–H and O–H groups in total. The molecule has 0 spiro atoms. The second kappa shape index (κ2) is 6.03. The van der Waals surface area contributed by atoms with Gasteiger partial charge in [0.25, 0.3) is 0 Å². The van der Waals surface area contributed by atoms with Gasteiger partial charge in [-0.1, -0.05) is 17.8 Å². The van der Waals surface area contributed by atoms with Crippen molar-refractivity contribution >= 4 is 23.3 Å². The summed E-state index contributed by atoms with van der Waals surface area (Å²) in [6.07, 6.45) is 1.60. The largest absolute Gasteiger partial charge is 0.308 e. The topological polar surface area (TPSA) is 37.8 Å². The van der Waals surface area contributed by atoms with Crippen molar-refractivity contribution in [2.75, 3.05) is 0 Å². The van der Waals surface area contributed by atoms with E-state index in [0.717, 1.165) is 10.9 Å². The Labute approximate surface area is 123 Å². The highest BCUT2D eigenvalue weighted by Gasteiger charge is 2.10. The normalized spacial score (nSPS) is 11.8. The lowest BCUT2D eigenvalue weighted by atomic mass is 10.1. The van der Waals surface area contributed by atoms with Crippen molar-refractivity contribution in [3.8, 4) is 0 Å². The number of nitrogens with one attached hydrogen (secondary N) is 1. The predicted molar refractivity (Wildman–Crippen MR) is 81.8 cm³/mol. The number of nitrogens with zero attached hydrogens (tertiary/aromatic N) is 2. The van der Waals surface area contributed by atoms with Gasteiger partial charge in [-0.25, -0.2) is 4.98 Å². The molecule has 3 nitrogen and oxygen atoms in total. The number of rotatable bonds is 4. The van der Waals surface area contributed by atoms with E-state index in [9.17, 15) is 0 Å². The Kier molecular flexibility index (Phi) is 4.60. The average Bonchev–Trinajstić information content (AvgIpc) is 2.79. The molecule has 0 aliphatic carbocycles. The first kappa shape index (κ1) is 14.5. The minimum Gasteiger partial charge on any atom is -0.308 e. The van der Waals surface area contributed by atoms with E-state index in [-0.39, 0.29) is 5.54 Å². The van der Waals surface area contributed by atoms with Crippen LogP contribution in [-0.2, 0) is 6.54 Å². The van der Waals surface area contributed by atoms with Gasteiger partial charge in [-0.05, 0) is 62.5 Å². The van der Waals surface area contributed by atoms with Crippen LogP contribution in [0.1, 0.15) is 31.9 Å². The first-order valence-corrected chi connectivity index (χ1v) is 7.82. The quantitative estimate of drug-likeness (QED) is 0.928. The van der Waals surface area contributed by atoms with E-state index in [1.54, 1.807) is 18.1 Å². The summed E-state index contributed by atoms with van der Waals surface area (Å²) in [7, 11) is 0. The second-order valence-electron chi connectivity index (χ2n) is 5.50. The maximum atomic E-state index is 4.19. The van der Waals surface area contributed by atoms with Gasteiger partial charge in [-0.15, -0.1) is 0 Å². The molecule has 0 bridgehead atoms. The molecule has 0 radical (unpaired) electrons. The van der Waals surface area contributed by atoms with E-state index >= 15 is 0 Å². The second-order valence-corrected chi connectivity index (χ2v) is 7.60. The molecule has 0 amide bonds. The van der Waals surface area contributed by atoms with Gasteiger partial charge in [0.05, 0.1) is 0 Å². The van der Waals surface area contributed by atoms with Gasteiger partial charge < -0.3 is 5.32 Å². The molecule has 2 rings (SSSR count). The molecule has 0 aliphatic heterocycles. The van der Waals surface area contributed by atoms with Gasteiger partial charge in [-0.2, -0.15) is 4.37 Å². The Morgan fingerprint density at radius 2 is 2.11 bits per heavy atom. The van der Waals surface area contributed by atoms with Gasteiger partial charge in [-0.3, -0.25) is 0 Å². The van der Waals surface area contributed by atoms with Crippen LogP contribution in [0.15, 0.2) is 33.8 Å². The molecule has 0 unspecified atom stereocenters. The number of hydrogen-bond donors (Lipinski definition) is 1. The Bertz CT molecular complexity index is 530. The summed E-state index contributed by atoms with van der Waals surface area (Å²) >= 11 is 3.10. The fourth-order valence-corrected chi connectivity index (χ4v) is 3.12. The molecule has 1 heterocycles. The third-order valence-electron chi connectivity index (χ3n) is 2.67. The van der Waals surface area contributed by atoms with Crippen LogP contribution in [-0.4, -0.2) is 14.9 Å². The Hall–Kier alpha value is -0.910. The minimum absolute atomic E-state index is 0.145. The summed E-state index contributed by atoms with van der Waals surface area (Å²) < 4.78 is 5.00. The van der Waals surface area contributed by atoms with Crippen LogP contribution in [0.2, 0.25) is 0 Å². The van der Waals surface area contributed by atoms with Gasteiger partial charge in [0.15, 0.2) is 4.34 Å². The molecule has 5 heteroatoms. The third kappa shape index (κ3) is 4.60. The zero-order valence-corrected chi connectivity index (χ0v) is 13.4. The van der Waals surface area contributed by atoms with E-state index in [1.807, 2.05) is 0 Å². The van der Waals surface area contributed by atoms with Crippen molar-refractivity contribution in [2.45, 2.75) is 49.0 Å². The monoisotopic (exact) mass is 293 g/mol. The first-order chi connectivity index (χ1) is 8.94. The zero-order chi connectivity index (χ0) is 13.9. The molecule has 1 aromatic carbocycles. The Morgan fingerprint density at radius 1 is 1.32 bits per heavy atom. The SMILES string of the molecule is Cc1cc(Sc2ncns2)ccc1CNC(C)(C)C. The summed E-state index contributed by atoms with van der Waals surface area (Å²) in [6, 6.07) is 6.56. The van der Waals surface area contributed by atoms with Crippen LogP contribution < -0.4 is 5.32 Å². The molecule has 0 saturated heterocycles. The van der Waals surface area contributed by atoms with Crippen molar-refractivity contribution in [2.24, 2.45) is 0 Å². The van der Waals surface area contributed by atoms with Crippen LogP contribution in [0.3, 0.4) is 0 Å². The number of hydrogen-bond acceptors (Lipinski definition) is 5. The summed E-state index contributed by atoms with van der Waals surface area (Å²) in [5.74, 6) is 0. The van der Waals surface area contributed by atoms with Crippen LogP contribution in [0.25, 0.3) is 0 Å². The first-order valence-electron chi connectivity index (χ1n) is 6.23. The molecular weight excluding hydrogens is 274 g/mol. The fourth-order valence-electron chi connectivity index (χ4n) is 1.60. The van der Waals surface area contributed by atoms with E-state index in [4.69, 9.17) is 0 Å². The highest BCUT2D eigenvalue weighted by Crippen LogP contribution is 2.29. The lowest BCUT2D eigenvalue weighted by Gasteiger charge is -2.21. The molecule has 0 saturated carbocycles. The highest BCUT2D eigenvalue weighted by molar-refractivity contribution is 8.01. The molecule has 0 aliphatic rings. The highest BCUT2D eigenvalue weighted by atomic mass is 32.2. The van der Waals surface area contributed by atoms with Crippen LogP contribution in [0, 0.1) is 6.92 Å². The molecule has 1 aromatic heterocycles. The van der Waals surface area contributed by atoms with Gasteiger partial charge >= 0.3 is 0 Å². The molecule has 0 atom stereocenters. The lowest BCUT2D eigenvalue weighted by molar-refractivity contribution is 0.424. The number of aromatic nitrogens is 2. The standard InChI is InChI=1S/C14H19N3S2/c1-10-7-12(18-13-15-9-17-19-13)6-5-11(10)8-16-14(2,3)4/h5-7,9,16H,8H2,1-4H3. The summed E-state index contributed by atoms with van der Waals surface area (Å²) in [4.78, 5) is 5.41. The Balaban J connectivity index is 2.04. The smallest absolute Gasteiger partial charge is 0.174 e.